The molecule has 164 valence electrons. The van der Waals surface area contributed by atoms with Crippen LogP contribution in [0.15, 0.2) is 72.8 Å². The molecule has 1 N–H and O–H groups in total. The maximum absolute atomic E-state index is 12.5. The van der Waals surface area contributed by atoms with Crippen LogP contribution in [0.25, 0.3) is 11.0 Å². The zero-order chi connectivity index (χ0) is 22.5. The standard InChI is InChI=1S/C28H31N3O/c1-4-21(3)23-14-12-22(13-15-23)19-31-26-11-6-5-10-25(26)30-27(31)16-17-29-28(32)24-9-7-8-20(2)18-24/h5-15,18,21H,4,16-17,19H2,1-3H3,(H,29,32). The van der Waals surface area contributed by atoms with Gasteiger partial charge in [0.15, 0.2) is 0 Å². The minimum absolute atomic E-state index is 0.0445. The van der Waals surface area contributed by atoms with Crippen LogP contribution in [0.2, 0.25) is 0 Å². The summed E-state index contributed by atoms with van der Waals surface area (Å²) in [5, 5.41) is 3.04. The molecule has 1 atom stereocenters. The van der Waals surface area contributed by atoms with Crippen LogP contribution in [0.3, 0.4) is 0 Å². The predicted molar refractivity (Wildman–Crippen MR) is 131 cm³/mol. The number of nitrogens with zero attached hydrogens (tertiary/aromatic N) is 2. The van der Waals surface area contributed by atoms with E-state index in [0.29, 0.717) is 24.4 Å². The Morgan fingerprint density at radius 1 is 1.03 bits per heavy atom. The first-order valence-electron chi connectivity index (χ1n) is 11.4. The molecule has 4 nitrogen and oxygen atoms in total. The first kappa shape index (κ1) is 21.8. The number of hydrogen-bond donors (Lipinski definition) is 1. The molecular weight excluding hydrogens is 394 g/mol. The molecule has 4 rings (SSSR count). The van der Waals surface area contributed by atoms with E-state index < -0.39 is 0 Å². The second-order valence-corrected chi connectivity index (χ2v) is 8.53. The Bertz CT molecular complexity index is 1210. The summed E-state index contributed by atoms with van der Waals surface area (Å²) in [6.45, 7) is 7.79. The third-order valence-electron chi connectivity index (χ3n) is 6.15. The maximum Gasteiger partial charge on any atom is 0.251 e. The van der Waals surface area contributed by atoms with Gasteiger partial charge < -0.3 is 9.88 Å². The van der Waals surface area contributed by atoms with E-state index >= 15 is 0 Å². The number of amides is 1. The van der Waals surface area contributed by atoms with Gasteiger partial charge in [0, 0.05) is 25.1 Å². The van der Waals surface area contributed by atoms with Gasteiger partial charge >= 0.3 is 0 Å². The number of aryl methyl sites for hydroxylation is 1. The number of hydrogen-bond acceptors (Lipinski definition) is 2. The molecule has 0 radical (unpaired) electrons. The number of carbonyl (C=O) groups is 1. The van der Waals surface area contributed by atoms with Crippen molar-refractivity contribution in [1.82, 2.24) is 14.9 Å². The van der Waals surface area contributed by atoms with Gasteiger partial charge in [0.05, 0.1) is 11.0 Å². The van der Waals surface area contributed by atoms with Gasteiger partial charge in [0.1, 0.15) is 5.82 Å². The largest absolute Gasteiger partial charge is 0.352 e. The Kier molecular flexibility index (Phi) is 6.69. The highest BCUT2D eigenvalue weighted by molar-refractivity contribution is 5.94. The third-order valence-corrected chi connectivity index (χ3v) is 6.15. The van der Waals surface area contributed by atoms with Crippen LogP contribution in [0.4, 0.5) is 0 Å². The minimum Gasteiger partial charge on any atom is -0.352 e. The lowest BCUT2D eigenvalue weighted by atomic mass is 9.98. The van der Waals surface area contributed by atoms with Crippen molar-refractivity contribution in [3.8, 4) is 0 Å². The Hall–Kier alpha value is -3.40. The minimum atomic E-state index is -0.0445. The van der Waals surface area contributed by atoms with Crippen LogP contribution in [0, 0.1) is 6.92 Å². The van der Waals surface area contributed by atoms with E-state index in [4.69, 9.17) is 4.98 Å². The highest BCUT2D eigenvalue weighted by atomic mass is 16.1. The first-order valence-corrected chi connectivity index (χ1v) is 11.4. The van der Waals surface area contributed by atoms with Gasteiger partial charge in [-0.1, -0.05) is 67.9 Å². The summed E-state index contributed by atoms with van der Waals surface area (Å²) in [7, 11) is 0. The lowest BCUT2D eigenvalue weighted by molar-refractivity contribution is 0.0954. The quantitative estimate of drug-likeness (QED) is 0.383. The molecule has 0 bridgehead atoms. The molecule has 32 heavy (non-hydrogen) atoms. The van der Waals surface area contributed by atoms with Gasteiger partial charge in [-0.2, -0.15) is 0 Å². The van der Waals surface area contributed by atoms with Crippen LogP contribution >= 0.6 is 0 Å². The number of nitrogens with one attached hydrogen (secondary N) is 1. The second-order valence-electron chi connectivity index (χ2n) is 8.53. The lowest BCUT2D eigenvalue weighted by Gasteiger charge is -2.13. The zero-order valence-electron chi connectivity index (χ0n) is 19.1. The van der Waals surface area contributed by atoms with Crippen molar-refractivity contribution in [1.29, 1.82) is 0 Å². The number of fused-ring (bicyclic) bond motifs is 1. The lowest BCUT2D eigenvalue weighted by Crippen LogP contribution is -2.26. The molecule has 0 aliphatic carbocycles. The molecule has 0 saturated carbocycles. The van der Waals surface area contributed by atoms with Crippen LogP contribution < -0.4 is 5.32 Å². The van der Waals surface area contributed by atoms with Crippen molar-refractivity contribution < 1.29 is 4.79 Å². The number of carbonyl (C=O) groups excluding carboxylic acids is 1. The fourth-order valence-corrected chi connectivity index (χ4v) is 4.04. The number of aromatic nitrogens is 2. The SMILES string of the molecule is CCC(C)c1ccc(Cn2c(CCNC(=O)c3cccc(C)c3)nc3ccccc32)cc1. The van der Waals surface area contributed by atoms with E-state index in [1.165, 1.54) is 11.1 Å². The van der Waals surface area contributed by atoms with Gasteiger partial charge in [0.25, 0.3) is 5.91 Å². The molecule has 1 aromatic heterocycles. The van der Waals surface area contributed by atoms with Gasteiger partial charge in [-0.15, -0.1) is 0 Å². The molecule has 4 aromatic rings. The summed E-state index contributed by atoms with van der Waals surface area (Å²) in [5.41, 5.74) is 6.53. The molecule has 0 fully saturated rings. The summed E-state index contributed by atoms with van der Waals surface area (Å²) in [6, 6.07) is 24.8. The smallest absolute Gasteiger partial charge is 0.251 e. The Morgan fingerprint density at radius 3 is 2.56 bits per heavy atom. The molecule has 0 saturated heterocycles. The fourth-order valence-electron chi connectivity index (χ4n) is 4.04. The van der Waals surface area contributed by atoms with Crippen molar-refractivity contribution in [2.75, 3.05) is 6.54 Å². The van der Waals surface area contributed by atoms with Crippen molar-refractivity contribution in [3.63, 3.8) is 0 Å². The molecule has 0 spiro atoms. The summed E-state index contributed by atoms with van der Waals surface area (Å²) in [6.07, 6.45) is 1.82. The van der Waals surface area contributed by atoms with E-state index in [1.807, 2.05) is 43.3 Å². The van der Waals surface area contributed by atoms with E-state index in [1.54, 1.807) is 0 Å². The molecule has 0 aliphatic heterocycles. The average molecular weight is 426 g/mol. The van der Waals surface area contributed by atoms with Crippen molar-refractivity contribution in [2.45, 2.75) is 46.1 Å². The van der Waals surface area contributed by atoms with Gasteiger partial charge in [0.2, 0.25) is 0 Å². The van der Waals surface area contributed by atoms with Gasteiger partial charge in [-0.25, -0.2) is 4.98 Å². The van der Waals surface area contributed by atoms with E-state index in [2.05, 4.69) is 60.1 Å². The maximum atomic E-state index is 12.5. The monoisotopic (exact) mass is 425 g/mol. The van der Waals surface area contributed by atoms with Gasteiger partial charge in [-0.3, -0.25) is 4.79 Å². The predicted octanol–water partition coefficient (Wildman–Crippen LogP) is 5.88. The summed E-state index contributed by atoms with van der Waals surface area (Å²) in [5.74, 6) is 1.52. The Labute approximate surface area is 190 Å². The van der Waals surface area contributed by atoms with E-state index in [-0.39, 0.29) is 5.91 Å². The molecule has 1 amide bonds. The van der Waals surface area contributed by atoms with Crippen LogP contribution in [0.5, 0.6) is 0 Å². The number of para-hydroxylation sites is 2. The molecule has 1 heterocycles. The molecule has 1 unspecified atom stereocenters. The average Bonchev–Trinajstić information content (AvgIpc) is 3.16. The highest BCUT2D eigenvalue weighted by Gasteiger charge is 2.12. The second kappa shape index (κ2) is 9.82. The van der Waals surface area contributed by atoms with Crippen molar-refractivity contribution in [3.05, 3.63) is 101 Å². The number of benzene rings is 3. The van der Waals surface area contributed by atoms with E-state index in [0.717, 1.165) is 35.4 Å². The summed E-state index contributed by atoms with van der Waals surface area (Å²) in [4.78, 5) is 17.4. The van der Waals surface area contributed by atoms with Gasteiger partial charge in [-0.05, 0) is 54.7 Å². The Morgan fingerprint density at radius 2 is 1.81 bits per heavy atom. The molecule has 0 aliphatic rings. The van der Waals surface area contributed by atoms with Crippen LogP contribution in [-0.4, -0.2) is 22.0 Å². The van der Waals surface area contributed by atoms with Crippen LogP contribution in [0.1, 0.15) is 59.1 Å². The fraction of sp³-hybridized carbons (Fsp3) is 0.286. The van der Waals surface area contributed by atoms with Crippen LogP contribution in [-0.2, 0) is 13.0 Å². The normalized spacial score (nSPS) is 12.1. The summed E-state index contributed by atoms with van der Waals surface area (Å²) >= 11 is 0. The van der Waals surface area contributed by atoms with Crippen molar-refractivity contribution >= 4 is 16.9 Å². The third kappa shape index (κ3) is 4.91. The molecule has 4 heteroatoms. The molecule has 3 aromatic carbocycles. The molecular formula is C28H31N3O. The topological polar surface area (TPSA) is 46.9 Å². The number of imidazole rings is 1. The Balaban J connectivity index is 1.51. The highest BCUT2D eigenvalue weighted by Crippen LogP contribution is 2.21. The zero-order valence-corrected chi connectivity index (χ0v) is 19.1. The first-order chi connectivity index (χ1) is 15.5. The van der Waals surface area contributed by atoms with Crippen molar-refractivity contribution in [2.24, 2.45) is 0 Å². The number of rotatable bonds is 8. The summed E-state index contributed by atoms with van der Waals surface area (Å²) < 4.78 is 2.27. The van der Waals surface area contributed by atoms with E-state index in [9.17, 15) is 4.79 Å².